The third-order valence-corrected chi connectivity index (χ3v) is 7.21. The van der Waals surface area contributed by atoms with E-state index in [0.29, 0.717) is 18.4 Å². The van der Waals surface area contributed by atoms with Crippen molar-refractivity contribution in [2.75, 3.05) is 51.6 Å². The Kier molecular flexibility index (Phi) is 5.10. The number of hydrogen-bond donors (Lipinski definition) is 0. The second kappa shape index (κ2) is 6.30. The van der Waals surface area contributed by atoms with Crippen molar-refractivity contribution in [1.29, 1.82) is 0 Å². The van der Waals surface area contributed by atoms with Crippen LogP contribution < -0.4 is 0 Å². The summed E-state index contributed by atoms with van der Waals surface area (Å²) in [4.78, 5) is 4.71. The number of ether oxygens (including phenoxy) is 1. The lowest BCUT2D eigenvalue weighted by molar-refractivity contribution is -0.0204. The van der Waals surface area contributed by atoms with Crippen LogP contribution in [0.3, 0.4) is 0 Å². The van der Waals surface area contributed by atoms with Gasteiger partial charge in [0.15, 0.2) is 9.84 Å². The molecule has 2 aliphatic heterocycles. The predicted molar refractivity (Wildman–Crippen MR) is 80.8 cm³/mol. The van der Waals surface area contributed by atoms with Gasteiger partial charge in [0.25, 0.3) is 0 Å². The fourth-order valence-corrected chi connectivity index (χ4v) is 4.27. The summed E-state index contributed by atoms with van der Waals surface area (Å²) < 4.78 is 29.3. The number of sulfone groups is 1. The topological polar surface area (TPSA) is 49.9 Å². The van der Waals surface area contributed by atoms with Crippen LogP contribution in [0.4, 0.5) is 0 Å². The third-order valence-electron chi connectivity index (χ3n) is 4.61. The van der Waals surface area contributed by atoms with Crippen molar-refractivity contribution in [3.63, 3.8) is 0 Å². The number of nitrogens with zero attached hydrogens (tertiary/aromatic N) is 2. The molecular formula is C14H28N2O3S. The number of morpholine rings is 1. The summed E-state index contributed by atoms with van der Waals surface area (Å²) in [6.07, 6.45) is 1.04. The van der Waals surface area contributed by atoms with Gasteiger partial charge in [-0.1, -0.05) is 0 Å². The molecule has 0 saturated carbocycles. The summed E-state index contributed by atoms with van der Waals surface area (Å²) in [5, 5.41) is 0. The molecule has 0 amide bonds. The largest absolute Gasteiger partial charge is 0.376 e. The Bertz CT molecular complexity index is 422. The molecule has 0 spiro atoms. The van der Waals surface area contributed by atoms with Gasteiger partial charge in [-0.3, -0.25) is 4.90 Å². The lowest BCUT2D eigenvalue weighted by Gasteiger charge is -2.32. The van der Waals surface area contributed by atoms with E-state index in [-0.39, 0.29) is 0 Å². The minimum absolute atomic E-state index is 0.291. The zero-order valence-electron chi connectivity index (χ0n) is 13.0. The maximum Gasteiger partial charge on any atom is 0.156 e. The van der Waals surface area contributed by atoms with Crippen molar-refractivity contribution in [2.24, 2.45) is 0 Å². The molecule has 1 atom stereocenters. The highest BCUT2D eigenvalue weighted by molar-refractivity contribution is 7.92. The molecular weight excluding hydrogens is 276 g/mol. The molecule has 0 radical (unpaired) electrons. The zero-order valence-corrected chi connectivity index (χ0v) is 13.8. The number of hydrogen-bond acceptors (Lipinski definition) is 5. The number of rotatable bonds is 3. The highest BCUT2D eigenvalue weighted by Gasteiger charge is 2.36. The lowest BCUT2D eigenvalue weighted by Crippen LogP contribution is -2.45. The fourth-order valence-electron chi connectivity index (χ4n) is 2.82. The van der Waals surface area contributed by atoms with Crippen LogP contribution in [0.25, 0.3) is 0 Å². The first-order valence-electron chi connectivity index (χ1n) is 7.59. The summed E-state index contributed by atoms with van der Waals surface area (Å²) in [5.74, 6) is 0.291. The van der Waals surface area contributed by atoms with Crippen LogP contribution in [-0.2, 0) is 14.6 Å². The van der Waals surface area contributed by atoms with Crippen LogP contribution in [0, 0.1) is 0 Å². The van der Waals surface area contributed by atoms with E-state index in [2.05, 4.69) is 16.7 Å². The minimum Gasteiger partial charge on any atom is -0.376 e. The van der Waals surface area contributed by atoms with Crippen molar-refractivity contribution < 1.29 is 13.2 Å². The average Bonchev–Trinajstić information content (AvgIpc) is 2.46. The van der Waals surface area contributed by atoms with Gasteiger partial charge in [-0.05, 0) is 33.7 Å². The van der Waals surface area contributed by atoms with Crippen molar-refractivity contribution in [1.82, 2.24) is 9.80 Å². The lowest BCUT2D eigenvalue weighted by atomic mass is 10.1. The van der Waals surface area contributed by atoms with Crippen molar-refractivity contribution in [3.8, 4) is 0 Å². The van der Waals surface area contributed by atoms with E-state index < -0.39 is 14.6 Å². The molecule has 2 aliphatic rings. The van der Waals surface area contributed by atoms with E-state index in [0.717, 1.165) is 45.8 Å². The van der Waals surface area contributed by atoms with Gasteiger partial charge in [-0.15, -0.1) is 0 Å². The Labute approximate surface area is 123 Å². The van der Waals surface area contributed by atoms with Crippen molar-refractivity contribution in [3.05, 3.63) is 0 Å². The van der Waals surface area contributed by atoms with Gasteiger partial charge < -0.3 is 9.64 Å². The molecule has 20 heavy (non-hydrogen) atoms. The van der Waals surface area contributed by atoms with Gasteiger partial charge in [-0.2, -0.15) is 0 Å². The molecule has 2 saturated heterocycles. The van der Waals surface area contributed by atoms with E-state index in [1.165, 1.54) is 0 Å². The Morgan fingerprint density at radius 1 is 1.15 bits per heavy atom. The van der Waals surface area contributed by atoms with Crippen LogP contribution in [0.15, 0.2) is 0 Å². The molecule has 0 unspecified atom stereocenters. The van der Waals surface area contributed by atoms with Gasteiger partial charge in [0.05, 0.1) is 23.2 Å². The normalized spacial score (nSPS) is 31.9. The van der Waals surface area contributed by atoms with E-state index in [1.807, 2.05) is 13.8 Å². The third kappa shape index (κ3) is 3.93. The van der Waals surface area contributed by atoms with Crippen LogP contribution in [-0.4, -0.2) is 80.7 Å². The summed E-state index contributed by atoms with van der Waals surface area (Å²) in [6.45, 7) is 12.1. The van der Waals surface area contributed by atoms with Gasteiger partial charge in [-0.25, -0.2) is 8.42 Å². The molecule has 2 fully saturated rings. The SMILES string of the molecule is C[C@H]1CN(CCN2CCC(C)(C)S(=O)(=O)CC2)CCO1. The zero-order chi connectivity index (χ0) is 14.8. The van der Waals surface area contributed by atoms with E-state index >= 15 is 0 Å². The average molecular weight is 304 g/mol. The van der Waals surface area contributed by atoms with Gasteiger partial charge in [0.2, 0.25) is 0 Å². The molecule has 118 valence electrons. The Morgan fingerprint density at radius 2 is 1.85 bits per heavy atom. The van der Waals surface area contributed by atoms with Gasteiger partial charge >= 0.3 is 0 Å². The molecule has 0 aromatic carbocycles. The van der Waals surface area contributed by atoms with Crippen LogP contribution in [0.1, 0.15) is 27.2 Å². The van der Waals surface area contributed by atoms with E-state index in [9.17, 15) is 8.42 Å². The smallest absolute Gasteiger partial charge is 0.156 e. The summed E-state index contributed by atoms with van der Waals surface area (Å²) in [6, 6.07) is 0. The molecule has 6 heteroatoms. The maximum atomic E-state index is 12.2. The fraction of sp³-hybridized carbons (Fsp3) is 1.00. The maximum absolute atomic E-state index is 12.2. The summed E-state index contributed by atoms with van der Waals surface area (Å²) in [7, 11) is -2.96. The van der Waals surface area contributed by atoms with Crippen LogP contribution in [0.2, 0.25) is 0 Å². The highest BCUT2D eigenvalue weighted by atomic mass is 32.2. The minimum atomic E-state index is -2.96. The first-order chi connectivity index (χ1) is 9.30. The predicted octanol–water partition coefficient (Wildman–Crippen LogP) is 0.606. The summed E-state index contributed by atoms with van der Waals surface area (Å²) in [5.41, 5.74) is 0. The highest BCUT2D eigenvalue weighted by Crippen LogP contribution is 2.25. The van der Waals surface area contributed by atoms with Crippen molar-refractivity contribution in [2.45, 2.75) is 38.0 Å². The second-order valence-corrected chi connectivity index (χ2v) is 9.40. The monoisotopic (exact) mass is 304 g/mol. The Hall–Kier alpha value is -0.170. The molecule has 0 aliphatic carbocycles. The molecule has 0 aromatic rings. The van der Waals surface area contributed by atoms with Crippen LogP contribution >= 0.6 is 0 Å². The van der Waals surface area contributed by atoms with Crippen LogP contribution in [0.5, 0.6) is 0 Å². The first-order valence-corrected chi connectivity index (χ1v) is 9.24. The van der Waals surface area contributed by atoms with E-state index in [1.54, 1.807) is 0 Å². The standard InChI is InChI=1S/C14H28N2O3S/c1-13-12-16(8-10-19-13)7-6-15-5-4-14(2,3)20(17,18)11-9-15/h13H,4-12H2,1-3H3/t13-/m0/s1. The molecule has 5 nitrogen and oxygen atoms in total. The van der Waals surface area contributed by atoms with Gasteiger partial charge in [0.1, 0.15) is 0 Å². The Balaban J connectivity index is 1.83. The molecule has 2 rings (SSSR count). The molecule has 0 N–H and O–H groups in total. The van der Waals surface area contributed by atoms with Gasteiger partial charge in [0, 0.05) is 32.7 Å². The first kappa shape index (κ1) is 16.2. The molecule has 0 bridgehead atoms. The van der Waals surface area contributed by atoms with E-state index in [4.69, 9.17) is 4.74 Å². The summed E-state index contributed by atoms with van der Waals surface area (Å²) >= 11 is 0. The van der Waals surface area contributed by atoms with Crippen molar-refractivity contribution >= 4 is 9.84 Å². The Morgan fingerprint density at radius 3 is 2.55 bits per heavy atom. The second-order valence-electron chi connectivity index (χ2n) is 6.65. The molecule has 0 aromatic heterocycles. The quantitative estimate of drug-likeness (QED) is 0.764. The molecule has 2 heterocycles.